The van der Waals surface area contributed by atoms with Crippen LogP contribution in [0.15, 0.2) is 51.8 Å². The molecule has 0 radical (unpaired) electrons. The molecule has 0 spiro atoms. The van der Waals surface area contributed by atoms with Crippen LogP contribution in [0.4, 0.5) is 0 Å². The predicted molar refractivity (Wildman–Crippen MR) is 76.3 cm³/mol. The first kappa shape index (κ1) is 11.7. The molecule has 102 valence electrons. The Bertz CT molecular complexity index is 1140. The Hall–Kier alpha value is -3.15. The summed E-state index contributed by atoms with van der Waals surface area (Å²) < 4.78 is 6.59. The molecule has 0 aliphatic heterocycles. The van der Waals surface area contributed by atoms with E-state index in [1.807, 2.05) is 0 Å². The summed E-state index contributed by atoms with van der Waals surface area (Å²) in [6.07, 6.45) is 1.57. The molecule has 2 N–H and O–H groups in total. The molecule has 0 fully saturated rings. The third-order valence-electron chi connectivity index (χ3n) is 3.43. The van der Waals surface area contributed by atoms with Gasteiger partial charge in [0.15, 0.2) is 11.4 Å². The quantitative estimate of drug-likeness (QED) is 0.291. The van der Waals surface area contributed by atoms with Gasteiger partial charge >= 0.3 is 5.63 Å². The van der Waals surface area contributed by atoms with Gasteiger partial charge in [-0.05, 0) is 24.3 Å². The van der Waals surface area contributed by atoms with Crippen molar-refractivity contribution in [3.05, 3.63) is 58.5 Å². The first-order chi connectivity index (χ1) is 10.2. The minimum Gasteiger partial charge on any atom is -0.504 e. The molecule has 0 saturated heterocycles. The summed E-state index contributed by atoms with van der Waals surface area (Å²) in [5.41, 5.74) is 0.310. The lowest BCUT2D eigenvalue weighted by molar-refractivity contribution is 0.476. The monoisotopic (exact) mass is 279 g/mol. The van der Waals surface area contributed by atoms with Crippen molar-refractivity contribution >= 4 is 27.5 Å². The van der Waals surface area contributed by atoms with Crippen molar-refractivity contribution in [2.45, 2.75) is 0 Å². The van der Waals surface area contributed by atoms with Crippen LogP contribution < -0.4 is 11.1 Å². The van der Waals surface area contributed by atoms with Gasteiger partial charge in [-0.2, -0.15) is 0 Å². The van der Waals surface area contributed by atoms with E-state index in [9.17, 15) is 9.90 Å². The Morgan fingerprint density at radius 1 is 1.19 bits per heavy atom. The summed E-state index contributed by atoms with van der Waals surface area (Å²) in [4.78, 5) is 16.5. The van der Waals surface area contributed by atoms with E-state index in [0.717, 1.165) is 0 Å². The van der Waals surface area contributed by atoms with E-state index in [4.69, 9.17) is 9.83 Å². The fourth-order valence-corrected chi connectivity index (χ4v) is 2.47. The van der Waals surface area contributed by atoms with Crippen LogP contribution in [0, 0.1) is 5.41 Å². The van der Waals surface area contributed by atoms with Crippen molar-refractivity contribution in [3.63, 3.8) is 0 Å². The minimum absolute atomic E-state index is 0.0507. The molecule has 4 rings (SSSR count). The number of fused-ring (bicyclic) bond motifs is 4. The summed E-state index contributed by atoms with van der Waals surface area (Å²) in [5.74, 6) is -0.0507. The average molecular weight is 279 g/mol. The second-order valence-corrected chi connectivity index (χ2v) is 4.66. The fraction of sp³-hybridized carbons (Fsp3) is 0. The summed E-state index contributed by atoms with van der Waals surface area (Å²) >= 11 is 0. The molecule has 0 saturated carbocycles. The van der Waals surface area contributed by atoms with Crippen molar-refractivity contribution in [2.24, 2.45) is 0 Å². The van der Waals surface area contributed by atoms with Gasteiger partial charge in [-0.3, -0.25) is 9.81 Å². The van der Waals surface area contributed by atoms with Gasteiger partial charge < -0.3 is 9.52 Å². The number of rotatable bonds is 0. The Morgan fingerprint density at radius 3 is 2.86 bits per heavy atom. The Balaban J connectivity index is 2.43. The maximum atomic E-state index is 12.1. The van der Waals surface area contributed by atoms with E-state index in [1.165, 1.54) is 10.5 Å². The van der Waals surface area contributed by atoms with Crippen LogP contribution in [0.25, 0.3) is 27.5 Å². The van der Waals surface area contributed by atoms with Crippen molar-refractivity contribution < 1.29 is 9.52 Å². The van der Waals surface area contributed by atoms with E-state index >= 15 is 0 Å². The lowest BCUT2D eigenvalue weighted by Gasteiger charge is -2.07. The highest BCUT2D eigenvalue weighted by atomic mass is 16.4. The van der Waals surface area contributed by atoms with Crippen molar-refractivity contribution in [1.82, 2.24) is 9.38 Å². The van der Waals surface area contributed by atoms with Crippen LogP contribution in [0.2, 0.25) is 0 Å². The average Bonchev–Trinajstić information content (AvgIpc) is 2.48. The number of hydrogen-bond acceptors (Lipinski definition) is 5. The first-order valence-electron chi connectivity index (χ1n) is 6.27. The van der Waals surface area contributed by atoms with E-state index in [2.05, 4.69) is 4.98 Å². The van der Waals surface area contributed by atoms with Gasteiger partial charge in [-0.15, -0.1) is 0 Å². The highest BCUT2D eigenvalue weighted by Gasteiger charge is 2.13. The molecule has 1 aromatic carbocycles. The number of benzene rings is 1. The lowest BCUT2D eigenvalue weighted by atomic mass is 10.2. The van der Waals surface area contributed by atoms with Crippen molar-refractivity contribution in [3.8, 4) is 5.75 Å². The van der Waals surface area contributed by atoms with Crippen LogP contribution in [0.1, 0.15) is 0 Å². The molecular formula is C15H9N3O3. The standard InChI is InChI=1S/C15H9N3O3/c16-13-11-12(17-14-9(19)5-3-7-18(13)14)8-4-1-2-6-10(8)21-15(11)20/h1-7,16,19H. The smallest absolute Gasteiger partial charge is 0.349 e. The van der Waals surface area contributed by atoms with Crippen LogP contribution in [-0.2, 0) is 0 Å². The molecule has 21 heavy (non-hydrogen) atoms. The highest BCUT2D eigenvalue weighted by molar-refractivity contribution is 6.01. The van der Waals surface area contributed by atoms with Crippen LogP contribution in [0.5, 0.6) is 5.75 Å². The topological polar surface area (TPSA) is 91.6 Å². The van der Waals surface area contributed by atoms with Gasteiger partial charge in [0.2, 0.25) is 0 Å². The molecule has 0 unspecified atom stereocenters. The number of nitrogens with one attached hydrogen (secondary N) is 1. The number of aromatic hydroxyl groups is 1. The summed E-state index contributed by atoms with van der Waals surface area (Å²) in [7, 11) is 0. The van der Waals surface area contributed by atoms with Gasteiger partial charge in [-0.25, -0.2) is 9.78 Å². The normalized spacial score (nSPS) is 11.4. The predicted octanol–water partition coefficient (Wildman–Crippen LogP) is 1.78. The number of aromatic nitrogens is 2. The van der Waals surface area contributed by atoms with Gasteiger partial charge in [0.05, 0.1) is 5.52 Å². The molecule has 0 aliphatic rings. The number of hydrogen-bond donors (Lipinski definition) is 2. The Kier molecular flexibility index (Phi) is 2.18. The van der Waals surface area contributed by atoms with Gasteiger partial charge in [0.25, 0.3) is 0 Å². The zero-order valence-electron chi connectivity index (χ0n) is 10.7. The third kappa shape index (κ3) is 1.50. The lowest BCUT2D eigenvalue weighted by Crippen LogP contribution is -2.21. The molecule has 3 heterocycles. The summed E-state index contributed by atoms with van der Waals surface area (Å²) in [6.45, 7) is 0. The fourth-order valence-electron chi connectivity index (χ4n) is 2.47. The minimum atomic E-state index is -0.612. The molecule has 0 aliphatic carbocycles. The van der Waals surface area contributed by atoms with Gasteiger partial charge in [0, 0.05) is 11.6 Å². The Labute approximate surface area is 117 Å². The summed E-state index contributed by atoms with van der Waals surface area (Å²) in [6, 6.07) is 10.1. The zero-order valence-corrected chi connectivity index (χ0v) is 10.7. The molecule has 4 aromatic rings. The molecule has 0 bridgehead atoms. The highest BCUT2D eigenvalue weighted by Crippen LogP contribution is 2.22. The zero-order chi connectivity index (χ0) is 14.6. The van der Waals surface area contributed by atoms with Crippen LogP contribution in [-0.4, -0.2) is 14.5 Å². The SMILES string of the molecule is N=c1c2c(=O)oc3ccccc3c2nc2c(O)cccn12. The number of para-hydroxylation sites is 1. The molecule has 0 atom stereocenters. The molecular weight excluding hydrogens is 270 g/mol. The van der Waals surface area contributed by atoms with Crippen molar-refractivity contribution in [1.29, 1.82) is 5.41 Å². The van der Waals surface area contributed by atoms with Gasteiger partial charge in [0.1, 0.15) is 16.5 Å². The second kappa shape index (κ2) is 3.92. The maximum absolute atomic E-state index is 12.1. The van der Waals surface area contributed by atoms with E-state index in [-0.39, 0.29) is 22.3 Å². The maximum Gasteiger partial charge on any atom is 0.349 e. The number of pyridine rings is 1. The molecule has 6 nitrogen and oxygen atoms in total. The van der Waals surface area contributed by atoms with E-state index in [1.54, 1.807) is 36.5 Å². The van der Waals surface area contributed by atoms with Gasteiger partial charge in [-0.1, -0.05) is 12.1 Å². The van der Waals surface area contributed by atoms with Crippen LogP contribution in [0.3, 0.4) is 0 Å². The van der Waals surface area contributed by atoms with Crippen molar-refractivity contribution in [2.75, 3.05) is 0 Å². The third-order valence-corrected chi connectivity index (χ3v) is 3.43. The van der Waals surface area contributed by atoms with Crippen LogP contribution >= 0.6 is 0 Å². The summed E-state index contributed by atoms with van der Waals surface area (Å²) in [5, 5.41) is 18.9. The second-order valence-electron chi connectivity index (χ2n) is 4.66. The molecule has 6 heteroatoms. The first-order valence-corrected chi connectivity index (χ1v) is 6.27. The molecule has 0 amide bonds. The molecule has 3 aromatic heterocycles. The number of nitrogens with zero attached hydrogens (tertiary/aromatic N) is 2. The van der Waals surface area contributed by atoms with E-state index < -0.39 is 5.63 Å². The van der Waals surface area contributed by atoms with E-state index in [0.29, 0.717) is 16.5 Å². The Morgan fingerprint density at radius 2 is 2.00 bits per heavy atom. The largest absolute Gasteiger partial charge is 0.504 e.